The third-order valence-electron chi connectivity index (χ3n) is 2.19. The molecule has 0 fully saturated rings. The maximum atomic E-state index is 3.82. The zero-order chi connectivity index (χ0) is 9.14. The summed E-state index contributed by atoms with van der Waals surface area (Å²) < 4.78 is 0. The Hall–Kier alpha value is -0.823. The third-order valence-corrected chi connectivity index (χ3v) is 4.00. The highest BCUT2D eigenvalue weighted by atomic mass is 28.2. The summed E-state index contributed by atoms with van der Waals surface area (Å²) >= 11 is 0. The van der Waals surface area contributed by atoms with Crippen molar-refractivity contribution in [2.45, 2.75) is 20.8 Å². The van der Waals surface area contributed by atoms with Crippen molar-refractivity contribution in [3.8, 4) is 0 Å². The van der Waals surface area contributed by atoms with Crippen LogP contribution in [0.25, 0.3) is 0 Å². The minimum Gasteiger partial charge on any atom is -0.107 e. The molecule has 0 atom stereocenters. The van der Waals surface area contributed by atoms with E-state index in [9.17, 15) is 0 Å². The van der Waals surface area contributed by atoms with Crippen molar-refractivity contribution in [2.75, 3.05) is 0 Å². The van der Waals surface area contributed by atoms with Gasteiger partial charge in [-0.05, 0) is 20.8 Å². The summed E-state index contributed by atoms with van der Waals surface area (Å²) in [5.74, 6) is 0. The Labute approximate surface area is 77.1 Å². The van der Waals surface area contributed by atoms with Crippen LogP contribution in [-0.4, -0.2) is 9.52 Å². The predicted octanol–water partition coefficient (Wildman–Crippen LogP) is 1.55. The van der Waals surface area contributed by atoms with Crippen molar-refractivity contribution in [3.05, 3.63) is 41.1 Å². The molecule has 0 saturated heterocycles. The molecule has 64 valence electrons. The Bertz CT molecular complexity index is 277. The van der Waals surface area contributed by atoms with E-state index in [-0.39, 0.29) is 9.52 Å². The minimum atomic E-state index is -0.211. The van der Waals surface area contributed by atoms with Gasteiger partial charge in [0.25, 0.3) is 0 Å². The number of hydrogen-bond donors (Lipinski definition) is 0. The molecule has 1 heteroatoms. The Morgan fingerprint density at radius 3 is 2.08 bits per heavy atom. The molecule has 0 aliphatic heterocycles. The van der Waals surface area contributed by atoms with Gasteiger partial charge in [0.15, 0.2) is 0 Å². The SMILES string of the molecule is C=C[SiH2]c1c(C)cc(C)cc1C. The second-order valence-corrected chi connectivity index (χ2v) is 5.06. The van der Waals surface area contributed by atoms with Crippen molar-refractivity contribution in [1.29, 1.82) is 0 Å². The summed E-state index contributed by atoms with van der Waals surface area (Å²) in [7, 11) is -0.211. The molecule has 0 N–H and O–H groups in total. The highest BCUT2D eigenvalue weighted by molar-refractivity contribution is 6.59. The van der Waals surface area contributed by atoms with Gasteiger partial charge in [0.2, 0.25) is 0 Å². The van der Waals surface area contributed by atoms with Crippen molar-refractivity contribution >= 4 is 14.7 Å². The van der Waals surface area contributed by atoms with Crippen LogP contribution in [0.1, 0.15) is 16.7 Å². The molecule has 0 radical (unpaired) electrons. The zero-order valence-electron chi connectivity index (χ0n) is 8.15. The van der Waals surface area contributed by atoms with Crippen molar-refractivity contribution in [1.82, 2.24) is 0 Å². The first-order chi connectivity index (χ1) is 5.65. The molecule has 0 amide bonds. The highest BCUT2D eigenvalue weighted by Gasteiger charge is 2.00. The highest BCUT2D eigenvalue weighted by Crippen LogP contribution is 2.04. The van der Waals surface area contributed by atoms with E-state index in [4.69, 9.17) is 0 Å². The van der Waals surface area contributed by atoms with Gasteiger partial charge in [0.05, 0.1) is 9.52 Å². The van der Waals surface area contributed by atoms with Gasteiger partial charge in [0, 0.05) is 0 Å². The van der Waals surface area contributed by atoms with Crippen LogP contribution in [0.5, 0.6) is 0 Å². The zero-order valence-corrected chi connectivity index (χ0v) is 9.56. The molecular weight excluding hydrogens is 160 g/mol. The molecule has 0 unspecified atom stereocenters. The van der Waals surface area contributed by atoms with E-state index >= 15 is 0 Å². The van der Waals surface area contributed by atoms with E-state index in [1.54, 1.807) is 5.19 Å². The second kappa shape index (κ2) is 3.72. The maximum Gasteiger partial charge on any atom is 0.0782 e. The number of benzene rings is 1. The molecule has 1 rings (SSSR count). The topological polar surface area (TPSA) is 0 Å². The van der Waals surface area contributed by atoms with Crippen molar-refractivity contribution in [3.63, 3.8) is 0 Å². The normalized spacial score (nSPS) is 10.9. The van der Waals surface area contributed by atoms with Gasteiger partial charge in [0.1, 0.15) is 0 Å². The summed E-state index contributed by atoms with van der Waals surface area (Å²) in [4.78, 5) is 0. The lowest BCUT2D eigenvalue weighted by molar-refractivity contribution is 1.35. The van der Waals surface area contributed by atoms with Gasteiger partial charge in [-0.2, -0.15) is 0 Å². The largest absolute Gasteiger partial charge is 0.107 e. The fourth-order valence-electron chi connectivity index (χ4n) is 1.68. The molecule has 0 bridgehead atoms. The first kappa shape index (κ1) is 9.27. The van der Waals surface area contributed by atoms with E-state index in [1.165, 1.54) is 16.7 Å². The van der Waals surface area contributed by atoms with Crippen LogP contribution in [0.3, 0.4) is 0 Å². The molecule has 0 aliphatic rings. The van der Waals surface area contributed by atoms with E-state index < -0.39 is 0 Å². The van der Waals surface area contributed by atoms with Gasteiger partial charge < -0.3 is 0 Å². The molecule has 0 aliphatic carbocycles. The summed E-state index contributed by atoms with van der Waals surface area (Å²) in [5, 5.41) is 1.57. The van der Waals surface area contributed by atoms with E-state index in [0.717, 1.165) is 0 Å². The third kappa shape index (κ3) is 1.86. The second-order valence-electron chi connectivity index (χ2n) is 3.37. The summed E-state index contributed by atoms with van der Waals surface area (Å²) in [5.41, 5.74) is 6.36. The minimum absolute atomic E-state index is 0.211. The molecule has 0 spiro atoms. The number of aryl methyl sites for hydroxylation is 3. The predicted molar refractivity (Wildman–Crippen MR) is 59.0 cm³/mol. The summed E-state index contributed by atoms with van der Waals surface area (Å²) in [6.45, 7) is 10.4. The van der Waals surface area contributed by atoms with Crippen molar-refractivity contribution < 1.29 is 0 Å². The molecule has 0 heterocycles. The van der Waals surface area contributed by atoms with E-state index in [0.29, 0.717) is 0 Å². The van der Waals surface area contributed by atoms with Crippen molar-refractivity contribution in [2.24, 2.45) is 0 Å². The Balaban J connectivity index is 3.18. The fraction of sp³-hybridized carbons (Fsp3) is 0.273. The van der Waals surface area contributed by atoms with Crippen LogP contribution in [0.15, 0.2) is 24.4 Å². The number of hydrogen-bond acceptors (Lipinski definition) is 0. The Kier molecular flexibility index (Phi) is 2.87. The summed E-state index contributed by atoms with van der Waals surface area (Å²) in [6, 6.07) is 4.53. The van der Waals surface area contributed by atoms with E-state index in [2.05, 4.69) is 45.2 Å². The Morgan fingerprint density at radius 1 is 1.17 bits per heavy atom. The maximum absolute atomic E-state index is 3.82. The van der Waals surface area contributed by atoms with Crippen LogP contribution in [0.4, 0.5) is 0 Å². The van der Waals surface area contributed by atoms with Crippen LogP contribution in [-0.2, 0) is 0 Å². The van der Waals surface area contributed by atoms with Gasteiger partial charge >= 0.3 is 0 Å². The molecule has 1 aromatic rings. The summed E-state index contributed by atoms with van der Waals surface area (Å²) in [6.07, 6.45) is 0. The van der Waals surface area contributed by atoms with Gasteiger partial charge in [-0.15, -0.1) is 12.3 Å². The molecular formula is C11H16Si. The Morgan fingerprint density at radius 2 is 1.67 bits per heavy atom. The standard InChI is InChI=1S/C11H16Si/c1-5-12-11-9(3)6-8(2)7-10(11)4/h5-7H,1,12H2,2-4H3. The van der Waals surface area contributed by atoms with Gasteiger partial charge in [-0.1, -0.05) is 34.0 Å². The van der Waals surface area contributed by atoms with E-state index in [1.807, 2.05) is 0 Å². The quantitative estimate of drug-likeness (QED) is 0.600. The van der Waals surface area contributed by atoms with Crippen LogP contribution >= 0.6 is 0 Å². The molecule has 0 aromatic heterocycles. The van der Waals surface area contributed by atoms with Crippen LogP contribution in [0.2, 0.25) is 0 Å². The van der Waals surface area contributed by atoms with Crippen LogP contribution in [0, 0.1) is 20.8 Å². The lowest BCUT2D eigenvalue weighted by Gasteiger charge is -2.08. The van der Waals surface area contributed by atoms with Crippen LogP contribution < -0.4 is 5.19 Å². The lowest BCUT2D eigenvalue weighted by atomic mass is 10.1. The smallest absolute Gasteiger partial charge is 0.0782 e. The fourth-order valence-corrected chi connectivity index (χ4v) is 2.81. The lowest BCUT2D eigenvalue weighted by Crippen LogP contribution is -2.19. The number of rotatable bonds is 2. The molecule has 0 saturated carbocycles. The van der Waals surface area contributed by atoms with Gasteiger partial charge in [-0.3, -0.25) is 0 Å². The molecule has 1 aromatic carbocycles. The molecule has 0 nitrogen and oxygen atoms in total. The first-order valence-corrected chi connectivity index (χ1v) is 5.85. The van der Waals surface area contributed by atoms with Gasteiger partial charge in [-0.25, -0.2) is 0 Å². The first-order valence-electron chi connectivity index (χ1n) is 4.32. The monoisotopic (exact) mass is 176 g/mol. The average molecular weight is 176 g/mol. The molecule has 12 heavy (non-hydrogen) atoms. The average Bonchev–Trinajstić information content (AvgIpc) is 1.96.